The van der Waals surface area contributed by atoms with Crippen LogP contribution in [0.15, 0.2) is 21.9 Å². The molecular weight excluding hydrogens is 227 g/mol. The van der Waals surface area contributed by atoms with E-state index in [0.717, 1.165) is 16.7 Å². The van der Waals surface area contributed by atoms with Crippen LogP contribution in [0.25, 0.3) is 10.8 Å². The average Bonchev–Trinajstić information content (AvgIpc) is 2.69. The van der Waals surface area contributed by atoms with Gasteiger partial charge in [0.05, 0.1) is 0 Å². The zero-order valence-electron chi connectivity index (χ0n) is 7.63. The van der Waals surface area contributed by atoms with Gasteiger partial charge in [0.25, 0.3) is 0 Å². The monoisotopic (exact) mass is 233 g/mol. The topological polar surface area (TPSA) is 26.0 Å². The van der Waals surface area contributed by atoms with Crippen LogP contribution in [0.4, 0.5) is 13.2 Å². The molecule has 6 heteroatoms. The second-order valence-electron chi connectivity index (χ2n) is 2.95. The fourth-order valence-electron chi connectivity index (χ4n) is 1.07. The van der Waals surface area contributed by atoms with E-state index in [-0.39, 0.29) is 5.01 Å². The molecule has 0 N–H and O–H groups in total. The number of rotatable bonds is 1. The molecule has 0 radical (unpaired) electrons. The van der Waals surface area contributed by atoms with Gasteiger partial charge in [-0.25, -0.2) is 4.98 Å². The molecule has 2 nitrogen and oxygen atoms in total. The summed E-state index contributed by atoms with van der Waals surface area (Å²) in [7, 11) is 0. The molecule has 0 amide bonds. The van der Waals surface area contributed by atoms with Crippen LogP contribution in [0.1, 0.15) is 11.5 Å². The summed E-state index contributed by atoms with van der Waals surface area (Å²) in [4.78, 5) is 3.46. The maximum Gasteiger partial charge on any atom is 0.434 e. The third-order valence-corrected chi connectivity index (χ3v) is 2.60. The summed E-state index contributed by atoms with van der Waals surface area (Å²) in [5.74, 6) is 1.02. The molecule has 2 heterocycles. The third kappa shape index (κ3) is 2.04. The van der Waals surface area contributed by atoms with Crippen LogP contribution in [-0.4, -0.2) is 4.98 Å². The zero-order valence-corrected chi connectivity index (χ0v) is 8.45. The summed E-state index contributed by atoms with van der Waals surface area (Å²) in [6, 6.07) is 3.29. The van der Waals surface area contributed by atoms with Crippen molar-refractivity contribution in [3.8, 4) is 10.8 Å². The molecule has 2 aromatic rings. The minimum atomic E-state index is -4.39. The molecule has 0 aliphatic heterocycles. The molecule has 0 aliphatic rings. The van der Waals surface area contributed by atoms with E-state index in [9.17, 15) is 13.2 Å². The molecule has 0 spiro atoms. The Labute approximate surface area is 87.4 Å². The van der Waals surface area contributed by atoms with Crippen molar-refractivity contribution in [2.24, 2.45) is 0 Å². The van der Waals surface area contributed by atoms with Crippen molar-refractivity contribution in [3.05, 3.63) is 29.0 Å². The molecule has 0 atom stereocenters. The van der Waals surface area contributed by atoms with Crippen molar-refractivity contribution in [2.75, 3.05) is 0 Å². The minimum absolute atomic E-state index is 0.246. The van der Waals surface area contributed by atoms with E-state index in [2.05, 4.69) is 4.98 Å². The van der Waals surface area contributed by atoms with Crippen LogP contribution in [0, 0.1) is 6.92 Å². The number of halogens is 3. The van der Waals surface area contributed by atoms with Crippen molar-refractivity contribution < 1.29 is 17.6 Å². The van der Waals surface area contributed by atoms with E-state index in [1.165, 1.54) is 0 Å². The molecule has 0 aliphatic carbocycles. The van der Waals surface area contributed by atoms with E-state index in [0.29, 0.717) is 11.5 Å². The van der Waals surface area contributed by atoms with E-state index >= 15 is 0 Å². The Morgan fingerprint density at radius 2 is 2.07 bits per heavy atom. The summed E-state index contributed by atoms with van der Waals surface area (Å²) in [6.07, 6.45) is -4.39. The van der Waals surface area contributed by atoms with Crippen LogP contribution in [0.3, 0.4) is 0 Å². The van der Waals surface area contributed by atoms with E-state index in [1.54, 1.807) is 19.1 Å². The normalized spacial score (nSPS) is 12.0. The van der Waals surface area contributed by atoms with Gasteiger partial charge in [-0.2, -0.15) is 13.2 Å². The largest absolute Gasteiger partial charge is 0.459 e. The number of nitrogens with zero attached hydrogens (tertiary/aromatic N) is 1. The average molecular weight is 233 g/mol. The Hall–Kier alpha value is -1.30. The van der Waals surface area contributed by atoms with Crippen molar-refractivity contribution in [2.45, 2.75) is 13.1 Å². The second-order valence-corrected chi connectivity index (χ2v) is 3.80. The maximum absolute atomic E-state index is 12.2. The molecule has 0 saturated carbocycles. The fraction of sp³-hybridized carbons (Fsp3) is 0.222. The zero-order chi connectivity index (χ0) is 11.1. The van der Waals surface area contributed by atoms with Gasteiger partial charge in [-0.15, -0.1) is 11.3 Å². The molecule has 0 aromatic carbocycles. The molecule has 15 heavy (non-hydrogen) atoms. The van der Waals surface area contributed by atoms with E-state index in [1.807, 2.05) is 0 Å². The Bertz CT molecular complexity index is 472. The van der Waals surface area contributed by atoms with Crippen LogP contribution in [-0.2, 0) is 6.18 Å². The molecule has 2 rings (SSSR count). The Balaban J connectivity index is 2.36. The molecule has 0 bridgehead atoms. The predicted molar refractivity (Wildman–Crippen MR) is 49.6 cm³/mol. The van der Waals surface area contributed by atoms with Crippen LogP contribution in [0.5, 0.6) is 0 Å². The van der Waals surface area contributed by atoms with Gasteiger partial charge >= 0.3 is 6.18 Å². The molecule has 0 unspecified atom stereocenters. The molecule has 80 valence electrons. The SMILES string of the molecule is Cc1ccc(-c2nc(C(F)(F)F)cs2)o1. The van der Waals surface area contributed by atoms with E-state index < -0.39 is 11.9 Å². The lowest BCUT2D eigenvalue weighted by Crippen LogP contribution is -2.04. The Kier molecular flexibility index (Phi) is 2.30. The third-order valence-electron chi connectivity index (χ3n) is 1.75. The first kappa shape index (κ1) is 10.2. The summed E-state index contributed by atoms with van der Waals surface area (Å²) in [5.41, 5.74) is -0.878. The second kappa shape index (κ2) is 3.37. The van der Waals surface area contributed by atoms with Gasteiger partial charge in [0, 0.05) is 5.38 Å². The smallest absolute Gasteiger partial charge is 0.434 e. The quantitative estimate of drug-likeness (QED) is 0.750. The number of furan rings is 1. The number of thiazole rings is 1. The van der Waals surface area contributed by atoms with Crippen molar-refractivity contribution in [3.63, 3.8) is 0 Å². The lowest BCUT2D eigenvalue weighted by Gasteiger charge is -1.99. The van der Waals surface area contributed by atoms with Gasteiger partial charge in [0.2, 0.25) is 0 Å². The highest BCUT2D eigenvalue weighted by Gasteiger charge is 2.34. The number of hydrogen-bond acceptors (Lipinski definition) is 3. The van der Waals surface area contributed by atoms with E-state index in [4.69, 9.17) is 4.42 Å². The summed E-state index contributed by atoms with van der Waals surface area (Å²) in [5, 5.41) is 1.23. The molecular formula is C9H6F3NOS. The first-order valence-electron chi connectivity index (χ1n) is 4.06. The highest BCUT2D eigenvalue weighted by Crippen LogP contribution is 2.33. The number of alkyl halides is 3. The Morgan fingerprint density at radius 3 is 2.53 bits per heavy atom. The van der Waals surface area contributed by atoms with Crippen LogP contribution < -0.4 is 0 Å². The fourth-order valence-corrected chi connectivity index (χ4v) is 1.85. The van der Waals surface area contributed by atoms with Gasteiger partial charge in [0.1, 0.15) is 5.76 Å². The lowest BCUT2D eigenvalue weighted by atomic mass is 10.4. The molecule has 2 aromatic heterocycles. The van der Waals surface area contributed by atoms with Gasteiger partial charge in [-0.1, -0.05) is 0 Å². The first-order valence-corrected chi connectivity index (χ1v) is 4.94. The molecule has 0 fully saturated rings. The van der Waals surface area contributed by atoms with Gasteiger partial charge < -0.3 is 4.42 Å². The summed E-state index contributed by atoms with van der Waals surface area (Å²) < 4.78 is 41.9. The summed E-state index contributed by atoms with van der Waals surface area (Å²) in [6.45, 7) is 1.72. The molecule has 0 saturated heterocycles. The predicted octanol–water partition coefficient (Wildman–Crippen LogP) is 3.73. The van der Waals surface area contributed by atoms with Crippen LogP contribution >= 0.6 is 11.3 Å². The first-order chi connectivity index (χ1) is 6.97. The number of aryl methyl sites for hydroxylation is 1. The standard InChI is InChI=1S/C9H6F3NOS/c1-5-2-3-6(14-5)8-13-7(4-15-8)9(10,11)12/h2-4H,1H3. The van der Waals surface area contributed by atoms with Crippen LogP contribution in [0.2, 0.25) is 0 Å². The number of aromatic nitrogens is 1. The lowest BCUT2D eigenvalue weighted by molar-refractivity contribution is -0.140. The summed E-state index contributed by atoms with van der Waals surface area (Å²) >= 11 is 0.918. The minimum Gasteiger partial charge on any atom is -0.459 e. The number of hydrogen-bond donors (Lipinski definition) is 0. The van der Waals surface area contributed by atoms with Gasteiger partial charge in [-0.3, -0.25) is 0 Å². The van der Waals surface area contributed by atoms with Crippen molar-refractivity contribution in [1.29, 1.82) is 0 Å². The van der Waals surface area contributed by atoms with Gasteiger partial charge in [-0.05, 0) is 19.1 Å². The van der Waals surface area contributed by atoms with Gasteiger partial charge in [0.15, 0.2) is 16.5 Å². The Morgan fingerprint density at radius 1 is 1.33 bits per heavy atom. The highest BCUT2D eigenvalue weighted by atomic mass is 32.1. The maximum atomic E-state index is 12.2. The van der Waals surface area contributed by atoms with Crippen molar-refractivity contribution in [1.82, 2.24) is 4.98 Å². The highest BCUT2D eigenvalue weighted by molar-refractivity contribution is 7.13. The van der Waals surface area contributed by atoms with Crippen molar-refractivity contribution >= 4 is 11.3 Å².